The van der Waals surface area contributed by atoms with Crippen LogP contribution >= 0.6 is 0 Å². The number of nitrogens with one attached hydrogen (secondary N) is 1. The minimum absolute atomic E-state index is 0.131. The lowest BCUT2D eigenvalue weighted by molar-refractivity contribution is -0.144. The van der Waals surface area contributed by atoms with Crippen molar-refractivity contribution >= 4 is 11.9 Å². The first kappa shape index (κ1) is 16.2. The zero-order valence-corrected chi connectivity index (χ0v) is 13.3. The van der Waals surface area contributed by atoms with Crippen molar-refractivity contribution < 1.29 is 19.1 Å². The molecular weight excluding hydrogens is 313 g/mol. The Kier molecular flexibility index (Phi) is 4.09. The van der Waals surface area contributed by atoms with E-state index in [0.717, 1.165) is 12.8 Å². The molecule has 1 saturated carbocycles. The van der Waals surface area contributed by atoms with Crippen LogP contribution in [0.1, 0.15) is 41.7 Å². The zero-order chi connectivity index (χ0) is 17.3. The molecule has 7 heteroatoms. The fraction of sp³-hybridized carbons (Fsp3) is 0.353. The van der Waals surface area contributed by atoms with Gasteiger partial charge in [0, 0.05) is 6.20 Å². The molecule has 1 aliphatic carbocycles. The molecule has 0 radical (unpaired) electrons. The standard InChI is InChI=1S/C17H18FN3O3/c1-11-10-12(18)4-5-14(11)21-9-6-13(20-21)15(22)19-17(16(23)24)7-2-3-8-17/h4-6,9-10H,2-3,7-8H2,1H3,(H,19,22)(H,23,24). The monoisotopic (exact) mass is 331 g/mol. The van der Waals surface area contributed by atoms with Gasteiger partial charge in [-0.2, -0.15) is 5.10 Å². The fourth-order valence-corrected chi connectivity index (χ4v) is 3.11. The zero-order valence-electron chi connectivity index (χ0n) is 13.3. The van der Waals surface area contributed by atoms with Gasteiger partial charge in [0.15, 0.2) is 5.69 Å². The van der Waals surface area contributed by atoms with Gasteiger partial charge in [-0.15, -0.1) is 0 Å². The summed E-state index contributed by atoms with van der Waals surface area (Å²) in [6.45, 7) is 1.75. The first-order valence-electron chi connectivity index (χ1n) is 7.79. The van der Waals surface area contributed by atoms with Crippen LogP contribution in [0.4, 0.5) is 4.39 Å². The maximum atomic E-state index is 13.2. The van der Waals surface area contributed by atoms with Crippen LogP contribution in [0.5, 0.6) is 0 Å². The van der Waals surface area contributed by atoms with Gasteiger partial charge in [0.25, 0.3) is 5.91 Å². The number of carboxylic acid groups (broad SMARTS) is 1. The predicted octanol–water partition coefficient (Wildman–Crippen LogP) is 2.45. The van der Waals surface area contributed by atoms with Crippen LogP contribution in [-0.2, 0) is 4.79 Å². The highest BCUT2D eigenvalue weighted by Crippen LogP contribution is 2.30. The van der Waals surface area contributed by atoms with E-state index in [2.05, 4.69) is 10.4 Å². The summed E-state index contributed by atoms with van der Waals surface area (Å²) in [7, 11) is 0. The molecule has 2 aromatic rings. The second kappa shape index (κ2) is 6.07. The van der Waals surface area contributed by atoms with Crippen LogP contribution in [0.3, 0.4) is 0 Å². The summed E-state index contributed by atoms with van der Waals surface area (Å²) in [6.07, 6.45) is 3.99. The molecule has 126 valence electrons. The van der Waals surface area contributed by atoms with Crippen LogP contribution in [0.2, 0.25) is 0 Å². The van der Waals surface area contributed by atoms with Crippen LogP contribution in [0.15, 0.2) is 30.5 Å². The number of carbonyl (C=O) groups is 2. The number of benzene rings is 1. The number of carbonyl (C=O) groups excluding carboxylic acids is 1. The van der Waals surface area contributed by atoms with Crippen molar-refractivity contribution in [1.29, 1.82) is 0 Å². The summed E-state index contributed by atoms with van der Waals surface area (Å²) in [5, 5.41) is 16.2. The van der Waals surface area contributed by atoms with Gasteiger partial charge in [-0.1, -0.05) is 12.8 Å². The summed E-state index contributed by atoms with van der Waals surface area (Å²) in [5.41, 5.74) is 0.269. The number of nitrogens with zero attached hydrogens (tertiary/aromatic N) is 2. The topological polar surface area (TPSA) is 84.2 Å². The van der Waals surface area contributed by atoms with Gasteiger partial charge in [-0.3, -0.25) is 4.79 Å². The highest BCUT2D eigenvalue weighted by Gasteiger charge is 2.43. The van der Waals surface area contributed by atoms with Gasteiger partial charge in [0.2, 0.25) is 0 Å². The molecular formula is C17H18FN3O3. The lowest BCUT2D eigenvalue weighted by Gasteiger charge is -2.24. The molecule has 1 heterocycles. The Balaban J connectivity index is 1.82. The number of rotatable bonds is 4. The van der Waals surface area contributed by atoms with E-state index < -0.39 is 17.4 Å². The molecule has 1 aromatic carbocycles. The third kappa shape index (κ3) is 2.89. The number of carboxylic acids is 1. The van der Waals surface area contributed by atoms with Gasteiger partial charge in [0.05, 0.1) is 5.69 Å². The van der Waals surface area contributed by atoms with Gasteiger partial charge < -0.3 is 10.4 Å². The number of halogens is 1. The van der Waals surface area contributed by atoms with Crippen molar-refractivity contribution in [3.8, 4) is 5.69 Å². The number of hydrogen-bond acceptors (Lipinski definition) is 3. The molecule has 6 nitrogen and oxygen atoms in total. The Morgan fingerprint density at radius 1 is 1.29 bits per heavy atom. The summed E-state index contributed by atoms with van der Waals surface area (Å²) in [6, 6.07) is 5.80. The third-order valence-corrected chi connectivity index (χ3v) is 4.45. The number of aromatic nitrogens is 2. The summed E-state index contributed by atoms with van der Waals surface area (Å²) >= 11 is 0. The van der Waals surface area contributed by atoms with Gasteiger partial charge in [-0.05, 0) is 49.6 Å². The summed E-state index contributed by atoms with van der Waals surface area (Å²) in [5.74, 6) is -1.87. The van der Waals surface area contributed by atoms with E-state index in [0.29, 0.717) is 24.1 Å². The van der Waals surface area contributed by atoms with E-state index in [-0.39, 0.29) is 11.5 Å². The van der Waals surface area contributed by atoms with Crippen molar-refractivity contribution in [3.63, 3.8) is 0 Å². The van der Waals surface area contributed by atoms with E-state index >= 15 is 0 Å². The molecule has 0 bridgehead atoms. The highest BCUT2D eigenvalue weighted by atomic mass is 19.1. The van der Waals surface area contributed by atoms with E-state index in [9.17, 15) is 19.1 Å². The minimum atomic E-state index is -1.20. The molecule has 24 heavy (non-hydrogen) atoms. The minimum Gasteiger partial charge on any atom is -0.480 e. The average molecular weight is 331 g/mol. The highest BCUT2D eigenvalue weighted by molar-refractivity contribution is 5.96. The first-order valence-corrected chi connectivity index (χ1v) is 7.79. The Morgan fingerprint density at radius 2 is 2.00 bits per heavy atom. The molecule has 1 fully saturated rings. The molecule has 1 amide bonds. The van der Waals surface area contributed by atoms with E-state index in [1.165, 1.54) is 22.9 Å². The second-order valence-corrected chi connectivity index (χ2v) is 6.12. The third-order valence-electron chi connectivity index (χ3n) is 4.45. The summed E-state index contributed by atoms with van der Waals surface area (Å²) < 4.78 is 14.7. The van der Waals surface area contributed by atoms with E-state index in [1.807, 2.05) is 0 Å². The molecule has 0 aliphatic heterocycles. The van der Waals surface area contributed by atoms with Crippen LogP contribution in [-0.4, -0.2) is 32.3 Å². The number of aliphatic carboxylic acids is 1. The van der Waals surface area contributed by atoms with E-state index in [4.69, 9.17) is 0 Å². The number of amides is 1. The maximum Gasteiger partial charge on any atom is 0.329 e. The number of hydrogen-bond donors (Lipinski definition) is 2. The summed E-state index contributed by atoms with van der Waals surface area (Å²) in [4.78, 5) is 23.9. The molecule has 1 aromatic heterocycles. The van der Waals surface area contributed by atoms with Gasteiger partial charge >= 0.3 is 5.97 Å². The predicted molar refractivity (Wildman–Crippen MR) is 84.6 cm³/mol. The number of aryl methyl sites for hydroxylation is 1. The van der Waals surface area contributed by atoms with Crippen molar-refractivity contribution in [2.24, 2.45) is 0 Å². The van der Waals surface area contributed by atoms with Crippen molar-refractivity contribution in [1.82, 2.24) is 15.1 Å². The molecule has 3 rings (SSSR count). The molecule has 2 N–H and O–H groups in total. The van der Waals surface area contributed by atoms with Crippen LogP contribution < -0.4 is 5.32 Å². The smallest absolute Gasteiger partial charge is 0.329 e. The largest absolute Gasteiger partial charge is 0.480 e. The van der Waals surface area contributed by atoms with Crippen LogP contribution in [0.25, 0.3) is 5.69 Å². The SMILES string of the molecule is Cc1cc(F)ccc1-n1ccc(C(=O)NC2(C(=O)O)CCCC2)n1. The van der Waals surface area contributed by atoms with E-state index in [1.54, 1.807) is 19.2 Å². The average Bonchev–Trinajstić information content (AvgIpc) is 3.17. The Morgan fingerprint density at radius 3 is 2.62 bits per heavy atom. The van der Waals surface area contributed by atoms with Crippen molar-refractivity contribution in [3.05, 3.63) is 47.5 Å². The molecule has 0 spiro atoms. The first-order chi connectivity index (χ1) is 11.4. The van der Waals surface area contributed by atoms with Crippen LogP contribution in [0, 0.1) is 12.7 Å². The lowest BCUT2D eigenvalue weighted by atomic mass is 9.97. The molecule has 0 unspecified atom stereocenters. The van der Waals surface area contributed by atoms with Gasteiger partial charge in [-0.25, -0.2) is 13.9 Å². The second-order valence-electron chi connectivity index (χ2n) is 6.12. The van der Waals surface area contributed by atoms with Crippen molar-refractivity contribution in [2.45, 2.75) is 38.1 Å². The quantitative estimate of drug-likeness (QED) is 0.901. The molecule has 0 atom stereocenters. The molecule has 1 aliphatic rings. The van der Waals surface area contributed by atoms with Crippen molar-refractivity contribution in [2.75, 3.05) is 0 Å². The normalized spacial score (nSPS) is 16.1. The Bertz CT molecular complexity index is 794. The fourth-order valence-electron chi connectivity index (χ4n) is 3.11. The maximum absolute atomic E-state index is 13.2. The molecule has 0 saturated heterocycles. The Hall–Kier alpha value is -2.70. The lowest BCUT2D eigenvalue weighted by Crippen LogP contribution is -2.52. The van der Waals surface area contributed by atoms with Gasteiger partial charge in [0.1, 0.15) is 11.4 Å². The Labute approximate surface area is 138 Å².